The highest BCUT2D eigenvalue weighted by Gasteiger charge is 2.25. The van der Waals surface area contributed by atoms with Crippen molar-refractivity contribution in [1.29, 1.82) is 0 Å². The lowest BCUT2D eigenvalue weighted by Crippen LogP contribution is -2.32. The van der Waals surface area contributed by atoms with Gasteiger partial charge in [-0.15, -0.1) is 0 Å². The first kappa shape index (κ1) is 11.8. The predicted molar refractivity (Wildman–Crippen MR) is 61.7 cm³/mol. The van der Waals surface area contributed by atoms with E-state index >= 15 is 0 Å². The highest BCUT2D eigenvalue weighted by molar-refractivity contribution is 5.42. The van der Waals surface area contributed by atoms with Crippen LogP contribution in [0, 0.1) is 5.82 Å². The van der Waals surface area contributed by atoms with E-state index < -0.39 is 0 Å². The summed E-state index contributed by atoms with van der Waals surface area (Å²) in [5, 5.41) is 0. The number of fused-ring (bicyclic) bond motifs is 1. The topological polar surface area (TPSA) is 27.7 Å². The van der Waals surface area contributed by atoms with Gasteiger partial charge < -0.3 is 14.2 Å². The molecule has 0 aliphatic carbocycles. The van der Waals surface area contributed by atoms with Crippen LogP contribution in [0.3, 0.4) is 0 Å². The van der Waals surface area contributed by atoms with Crippen LogP contribution in [-0.2, 0) is 4.74 Å². The van der Waals surface area contributed by atoms with Crippen molar-refractivity contribution in [2.75, 3.05) is 13.2 Å². The highest BCUT2D eigenvalue weighted by atomic mass is 19.1. The number of ether oxygens (including phenoxy) is 3. The summed E-state index contributed by atoms with van der Waals surface area (Å²) in [4.78, 5) is 0. The minimum Gasteiger partial charge on any atom is -0.494 e. The summed E-state index contributed by atoms with van der Waals surface area (Å²) >= 11 is 0. The molecule has 0 saturated carbocycles. The van der Waals surface area contributed by atoms with E-state index in [9.17, 15) is 4.39 Å². The molecular weight excluding hydrogens is 223 g/mol. The number of rotatable bonds is 3. The van der Waals surface area contributed by atoms with E-state index in [0.29, 0.717) is 24.7 Å². The smallest absolute Gasteiger partial charge is 0.189 e. The molecule has 2 rings (SSSR count). The molecule has 0 bridgehead atoms. The summed E-state index contributed by atoms with van der Waals surface area (Å²) in [7, 11) is 0. The standard InChI is InChI=1S/C13H15FO3/c1-3-10(15-4-2)13-8-16-12-7-9(14)5-6-11(12)17-13/h3,5-7,13H,4,8H2,1-2H3/b10-3+. The summed E-state index contributed by atoms with van der Waals surface area (Å²) in [6.45, 7) is 4.71. The number of halogens is 1. The summed E-state index contributed by atoms with van der Waals surface area (Å²) in [6.07, 6.45) is 1.59. The molecule has 1 atom stereocenters. The third-order valence-corrected chi connectivity index (χ3v) is 2.48. The highest BCUT2D eigenvalue weighted by Crippen LogP contribution is 2.33. The summed E-state index contributed by atoms with van der Waals surface area (Å²) in [6, 6.07) is 4.23. The van der Waals surface area contributed by atoms with Crippen LogP contribution in [-0.4, -0.2) is 19.3 Å². The Hall–Kier alpha value is -1.71. The number of benzene rings is 1. The maximum Gasteiger partial charge on any atom is 0.189 e. The normalized spacial score (nSPS) is 19.0. The lowest BCUT2D eigenvalue weighted by Gasteiger charge is -2.27. The van der Waals surface area contributed by atoms with Crippen molar-refractivity contribution in [2.24, 2.45) is 0 Å². The van der Waals surface area contributed by atoms with Crippen LogP contribution in [0.1, 0.15) is 13.8 Å². The Labute approximate surface area is 99.8 Å². The fraction of sp³-hybridized carbons (Fsp3) is 0.385. The Kier molecular flexibility index (Phi) is 3.52. The van der Waals surface area contributed by atoms with Gasteiger partial charge in [-0.05, 0) is 32.1 Å². The minimum absolute atomic E-state index is 0.266. The summed E-state index contributed by atoms with van der Waals surface area (Å²) in [5.74, 6) is 1.39. The van der Waals surface area contributed by atoms with Gasteiger partial charge in [0.25, 0.3) is 0 Å². The molecule has 1 aliphatic rings. The number of hydrogen-bond acceptors (Lipinski definition) is 3. The third kappa shape index (κ3) is 2.52. The lowest BCUT2D eigenvalue weighted by atomic mass is 10.2. The summed E-state index contributed by atoms with van der Waals surface area (Å²) < 4.78 is 29.6. The molecule has 0 saturated heterocycles. The molecule has 1 heterocycles. The van der Waals surface area contributed by atoms with Gasteiger partial charge in [0, 0.05) is 6.07 Å². The Morgan fingerprint density at radius 1 is 1.53 bits per heavy atom. The fourth-order valence-corrected chi connectivity index (χ4v) is 1.71. The van der Waals surface area contributed by atoms with Crippen LogP contribution in [0.5, 0.6) is 11.5 Å². The van der Waals surface area contributed by atoms with E-state index in [2.05, 4.69) is 0 Å². The molecule has 92 valence electrons. The van der Waals surface area contributed by atoms with Crippen LogP contribution in [0.15, 0.2) is 30.0 Å². The van der Waals surface area contributed by atoms with Crippen LogP contribution < -0.4 is 9.47 Å². The second kappa shape index (κ2) is 5.08. The van der Waals surface area contributed by atoms with Gasteiger partial charge in [0.1, 0.15) is 18.2 Å². The molecule has 0 aromatic heterocycles. The Morgan fingerprint density at radius 2 is 2.35 bits per heavy atom. The average molecular weight is 238 g/mol. The fourth-order valence-electron chi connectivity index (χ4n) is 1.71. The van der Waals surface area contributed by atoms with Crippen molar-refractivity contribution in [3.05, 3.63) is 35.9 Å². The molecule has 0 fully saturated rings. The van der Waals surface area contributed by atoms with Crippen LogP contribution >= 0.6 is 0 Å². The molecule has 0 amide bonds. The molecule has 0 radical (unpaired) electrons. The number of hydrogen-bond donors (Lipinski definition) is 0. The minimum atomic E-state index is -0.332. The van der Waals surface area contributed by atoms with Crippen molar-refractivity contribution >= 4 is 0 Å². The van der Waals surface area contributed by atoms with Gasteiger partial charge in [-0.25, -0.2) is 4.39 Å². The Bertz CT molecular complexity index is 429. The molecule has 1 unspecified atom stereocenters. The largest absolute Gasteiger partial charge is 0.494 e. The predicted octanol–water partition coefficient (Wildman–Crippen LogP) is 2.91. The van der Waals surface area contributed by atoms with Crippen molar-refractivity contribution in [2.45, 2.75) is 20.0 Å². The quantitative estimate of drug-likeness (QED) is 0.758. The molecule has 4 heteroatoms. The molecular formula is C13H15FO3. The van der Waals surface area contributed by atoms with Gasteiger partial charge in [-0.3, -0.25) is 0 Å². The SMILES string of the molecule is C/C=C(/OCC)C1COc2cc(F)ccc2O1. The van der Waals surface area contributed by atoms with E-state index in [0.717, 1.165) is 5.76 Å². The average Bonchev–Trinajstić information content (AvgIpc) is 2.35. The molecule has 1 aromatic carbocycles. The van der Waals surface area contributed by atoms with E-state index in [1.54, 1.807) is 6.07 Å². The lowest BCUT2D eigenvalue weighted by molar-refractivity contribution is 0.0610. The Morgan fingerprint density at radius 3 is 3.06 bits per heavy atom. The first-order valence-corrected chi connectivity index (χ1v) is 5.62. The van der Waals surface area contributed by atoms with Crippen molar-refractivity contribution in [1.82, 2.24) is 0 Å². The second-order valence-electron chi connectivity index (χ2n) is 3.63. The van der Waals surface area contributed by atoms with Crippen molar-refractivity contribution in [3.63, 3.8) is 0 Å². The van der Waals surface area contributed by atoms with Crippen molar-refractivity contribution < 1.29 is 18.6 Å². The van der Waals surface area contributed by atoms with Gasteiger partial charge in [0.05, 0.1) is 6.61 Å². The maximum absolute atomic E-state index is 13.0. The van der Waals surface area contributed by atoms with Gasteiger partial charge in [-0.1, -0.05) is 0 Å². The van der Waals surface area contributed by atoms with Crippen LogP contribution in [0.4, 0.5) is 4.39 Å². The van der Waals surface area contributed by atoms with Gasteiger partial charge in [0.15, 0.2) is 17.6 Å². The third-order valence-electron chi connectivity index (χ3n) is 2.48. The van der Waals surface area contributed by atoms with Gasteiger partial charge in [-0.2, -0.15) is 0 Å². The number of allylic oxidation sites excluding steroid dienone is 1. The molecule has 1 aliphatic heterocycles. The summed E-state index contributed by atoms with van der Waals surface area (Å²) in [5.41, 5.74) is 0. The van der Waals surface area contributed by atoms with E-state index in [-0.39, 0.29) is 11.9 Å². The monoisotopic (exact) mass is 238 g/mol. The van der Waals surface area contributed by atoms with Crippen molar-refractivity contribution in [3.8, 4) is 11.5 Å². The van der Waals surface area contributed by atoms with Gasteiger partial charge in [0.2, 0.25) is 0 Å². The van der Waals surface area contributed by atoms with E-state index in [1.807, 2.05) is 19.9 Å². The van der Waals surface area contributed by atoms with Crippen LogP contribution in [0.2, 0.25) is 0 Å². The van der Waals surface area contributed by atoms with E-state index in [4.69, 9.17) is 14.2 Å². The second-order valence-corrected chi connectivity index (χ2v) is 3.63. The van der Waals surface area contributed by atoms with Gasteiger partial charge >= 0.3 is 0 Å². The molecule has 1 aromatic rings. The maximum atomic E-state index is 13.0. The molecule has 3 nitrogen and oxygen atoms in total. The zero-order valence-electron chi connectivity index (χ0n) is 9.90. The molecule has 17 heavy (non-hydrogen) atoms. The first-order chi connectivity index (χ1) is 8.24. The zero-order chi connectivity index (χ0) is 12.3. The van der Waals surface area contributed by atoms with Crippen LogP contribution in [0.25, 0.3) is 0 Å². The zero-order valence-corrected chi connectivity index (χ0v) is 9.90. The Balaban J connectivity index is 2.15. The molecule has 0 spiro atoms. The molecule has 0 N–H and O–H groups in total. The first-order valence-electron chi connectivity index (χ1n) is 5.62. The van der Waals surface area contributed by atoms with E-state index in [1.165, 1.54) is 12.1 Å².